The first-order valence-electron chi connectivity index (χ1n) is 13.4. The van der Waals surface area contributed by atoms with Gasteiger partial charge in [-0.2, -0.15) is 0 Å². The molecule has 0 unspecified atom stereocenters. The van der Waals surface area contributed by atoms with E-state index in [0.29, 0.717) is 12.8 Å². The zero-order valence-electron chi connectivity index (χ0n) is 25.0. The van der Waals surface area contributed by atoms with Gasteiger partial charge < -0.3 is 35.6 Å². The summed E-state index contributed by atoms with van der Waals surface area (Å²) in [6.45, 7) is 16.5. The van der Waals surface area contributed by atoms with Crippen LogP contribution in [0.1, 0.15) is 101 Å². The number of aliphatic carboxylic acids is 2. The van der Waals surface area contributed by atoms with Gasteiger partial charge in [-0.25, -0.2) is 0 Å². The highest BCUT2D eigenvalue weighted by Gasteiger charge is 2.39. The smallest absolute Gasteiger partial charge is 0.306 e. The highest BCUT2D eigenvalue weighted by molar-refractivity contribution is 5.73. The number of aliphatic hydroxyl groups excluding tert-OH is 2. The van der Waals surface area contributed by atoms with E-state index in [1.807, 2.05) is 20.8 Å². The molecule has 0 aliphatic heterocycles. The average molecular weight is 562 g/mol. The van der Waals surface area contributed by atoms with Crippen molar-refractivity contribution in [1.82, 2.24) is 0 Å². The molecular formula is C28H51NO10. The number of carbonyl (C=O) groups excluding carboxylic acids is 2. The normalized spacial score (nSPS) is 26.9. The molecule has 0 heterocycles. The van der Waals surface area contributed by atoms with Crippen LogP contribution in [0.2, 0.25) is 0 Å². The lowest BCUT2D eigenvalue weighted by Crippen LogP contribution is -2.27. The van der Waals surface area contributed by atoms with Crippen molar-refractivity contribution in [3.63, 3.8) is 0 Å². The van der Waals surface area contributed by atoms with Gasteiger partial charge in [0.1, 0.15) is 11.2 Å². The molecule has 0 amide bonds. The molecule has 0 spiro atoms. The van der Waals surface area contributed by atoms with Crippen LogP contribution in [0.4, 0.5) is 0 Å². The predicted molar refractivity (Wildman–Crippen MR) is 145 cm³/mol. The first-order chi connectivity index (χ1) is 17.4. The molecule has 11 nitrogen and oxygen atoms in total. The summed E-state index contributed by atoms with van der Waals surface area (Å²) in [6, 6.07) is 0. The van der Waals surface area contributed by atoms with Crippen LogP contribution >= 0.6 is 0 Å². The maximum atomic E-state index is 11.6. The molecule has 0 aromatic rings. The van der Waals surface area contributed by atoms with Gasteiger partial charge >= 0.3 is 23.9 Å². The third kappa shape index (κ3) is 17.9. The average Bonchev–Trinajstić information content (AvgIpc) is 3.21. The molecule has 6 atom stereocenters. The number of aliphatic hydroxyl groups is 2. The molecule has 0 bridgehead atoms. The van der Waals surface area contributed by atoms with Crippen LogP contribution in [0.5, 0.6) is 0 Å². The Morgan fingerprint density at radius 1 is 0.641 bits per heavy atom. The first kappa shape index (κ1) is 36.8. The number of esters is 2. The lowest BCUT2D eigenvalue weighted by molar-refractivity contribution is -0.157. The Morgan fingerprint density at radius 2 is 0.897 bits per heavy atom. The van der Waals surface area contributed by atoms with Crippen molar-refractivity contribution in [3.05, 3.63) is 0 Å². The van der Waals surface area contributed by atoms with E-state index in [2.05, 4.69) is 0 Å². The summed E-state index contributed by atoms with van der Waals surface area (Å²) in [4.78, 5) is 44.7. The zero-order valence-corrected chi connectivity index (χ0v) is 25.0. The number of rotatable bonds is 6. The van der Waals surface area contributed by atoms with Crippen molar-refractivity contribution in [2.45, 2.75) is 130 Å². The third-order valence-corrected chi connectivity index (χ3v) is 5.71. The first-order valence-corrected chi connectivity index (χ1v) is 13.4. The minimum atomic E-state index is -0.907. The monoisotopic (exact) mass is 561 g/mol. The molecule has 0 saturated heterocycles. The SMILES string of the molecule is CC(C)(C)N.CC(C)(C)OC(=O)C[C@H]1C[C@@H](C(=O)O)C[C@H]1O.CC(C)(C)OC(=O)C[C@H]1C[C@@H](C(=O)O)C[C@H]1O. The van der Waals surface area contributed by atoms with E-state index in [-0.39, 0.29) is 55.0 Å². The van der Waals surface area contributed by atoms with Gasteiger partial charge in [0.2, 0.25) is 0 Å². The molecule has 11 heteroatoms. The Hall–Kier alpha value is -2.24. The number of nitrogens with two attached hydrogens (primary N) is 1. The van der Waals surface area contributed by atoms with E-state index in [1.54, 1.807) is 41.5 Å². The molecule has 2 aliphatic carbocycles. The van der Waals surface area contributed by atoms with Gasteiger partial charge in [-0.3, -0.25) is 19.2 Å². The Bertz CT molecular complexity index is 754. The summed E-state index contributed by atoms with van der Waals surface area (Å²) in [5.41, 5.74) is 4.26. The second kappa shape index (κ2) is 14.9. The fourth-order valence-electron chi connectivity index (χ4n) is 4.24. The van der Waals surface area contributed by atoms with Gasteiger partial charge in [0, 0.05) is 5.54 Å². The van der Waals surface area contributed by atoms with Gasteiger partial charge in [-0.15, -0.1) is 0 Å². The fourth-order valence-corrected chi connectivity index (χ4v) is 4.24. The van der Waals surface area contributed by atoms with Crippen LogP contribution in [-0.4, -0.2) is 73.3 Å². The molecule has 0 radical (unpaired) electrons. The number of carboxylic acids is 2. The Labute approximate surface area is 232 Å². The van der Waals surface area contributed by atoms with E-state index >= 15 is 0 Å². The maximum absolute atomic E-state index is 11.6. The van der Waals surface area contributed by atoms with Crippen LogP contribution in [-0.2, 0) is 28.7 Å². The molecule has 39 heavy (non-hydrogen) atoms. The topological polar surface area (TPSA) is 194 Å². The van der Waals surface area contributed by atoms with Crippen LogP contribution < -0.4 is 5.73 Å². The summed E-state index contributed by atoms with van der Waals surface area (Å²) >= 11 is 0. The molecule has 6 N–H and O–H groups in total. The largest absolute Gasteiger partial charge is 0.481 e. The Balaban J connectivity index is 0.000000632. The van der Waals surface area contributed by atoms with Gasteiger partial charge in [0.25, 0.3) is 0 Å². The van der Waals surface area contributed by atoms with Crippen molar-refractivity contribution < 1.29 is 49.1 Å². The van der Waals surface area contributed by atoms with Crippen LogP contribution in [0, 0.1) is 23.7 Å². The Morgan fingerprint density at radius 3 is 1.08 bits per heavy atom. The van der Waals surface area contributed by atoms with E-state index in [1.165, 1.54) is 0 Å². The summed E-state index contributed by atoms with van der Waals surface area (Å²) in [7, 11) is 0. The highest BCUT2D eigenvalue weighted by atomic mass is 16.6. The summed E-state index contributed by atoms with van der Waals surface area (Å²) in [5.74, 6) is -4.27. The summed E-state index contributed by atoms with van der Waals surface area (Å²) in [5, 5.41) is 37.1. The third-order valence-electron chi connectivity index (χ3n) is 5.71. The van der Waals surface area contributed by atoms with Crippen molar-refractivity contribution in [2.75, 3.05) is 0 Å². The lowest BCUT2D eigenvalue weighted by Gasteiger charge is -2.21. The van der Waals surface area contributed by atoms with E-state index in [0.717, 1.165) is 0 Å². The lowest BCUT2D eigenvalue weighted by atomic mass is 10.0. The van der Waals surface area contributed by atoms with Gasteiger partial charge in [-0.05, 0) is 99.8 Å². The zero-order chi connectivity index (χ0) is 30.9. The number of hydrogen-bond acceptors (Lipinski definition) is 9. The number of carboxylic acid groups (broad SMARTS) is 2. The summed E-state index contributed by atoms with van der Waals surface area (Å²) < 4.78 is 10.3. The minimum Gasteiger partial charge on any atom is -0.481 e. The molecule has 2 saturated carbocycles. The van der Waals surface area contributed by atoms with Crippen molar-refractivity contribution in [3.8, 4) is 0 Å². The highest BCUT2D eigenvalue weighted by Crippen LogP contribution is 2.35. The quantitative estimate of drug-likeness (QED) is 0.299. The minimum absolute atomic E-state index is 0. The molecule has 2 aliphatic rings. The van der Waals surface area contributed by atoms with Crippen LogP contribution in [0.3, 0.4) is 0 Å². The number of ether oxygens (including phenoxy) is 2. The molecule has 228 valence electrons. The van der Waals surface area contributed by atoms with Crippen molar-refractivity contribution in [1.29, 1.82) is 0 Å². The van der Waals surface area contributed by atoms with Crippen molar-refractivity contribution in [2.24, 2.45) is 29.4 Å². The van der Waals surface area contributed by atoms with Gasteiger partial charge in [0.15, 0.2) is 0 Å². The Kier molecular flexibility index (Phi) is 14.1. The van der Waals surface area contributed by atoms with E-state index < -0.39 is 47.2 Å². The summed E-state index contributed by atoms with van der Waals surface area (Å²) in [6.07, 6.45) is -0.131. The molecular weight excluding hydrogens is 510 g/mol. The fraction of sp³-hybridized carbons (Fsp3) is 0.857. The van der Waals surface area contributed by atoms with E-state index in [9.17, 15) is 29.4 Å². The molecule has 2 rings (SSSR count). The second-order valence-electron chi connectivity index (χ2n) is 13.6. The predicted octanol–water partition coefficient (Wildman–Crippen LogP) is 3.12. The van der Waals surface area contributed by atoms with Gasteiger partial charge in [-0.1, -0.05) is 0 Å². The standard InChI is InChI=1S/2C12H20O5.C4H11N/c2*1-12(2,3)17-10(14)6-7-4-8(11(15)16)5-9(7)13;1-4(2,3)5/h2*7-9,13H,4-6H2,1-3H3,(H,15,16);5H2,1-3H3/t2*7-,8-,9-;/m11./s1. The maximum Gasteiger partial charge on any atom is 0.306 e. The second-order valence-corrected chi connectivity index (χ2v) is 13.6. The molecule has 0 aromatic carbocycles. The van der Waals surface area contributed by atoms with Crippen LogP contribution in [0.25, 0.3) is 0 Å². The van der Waals surface area contributed by atoms with Crippen LogP contribution in [0.15, 0.2) is 0 Å². The van der Waals surface area contributed by atoms with E-state index in [4.69, 9.17) is 25.4 Å². The van der Waals surface area contributed by atoms with Crippen molar-refractivity contribution >= 4 is 23.9 Å². The number of hydrogen-bond donors (Lipinski definition) is 5. The number of carbonyl (C=O) groups is 4. The molecule has 2 fully saturated rings. The molecule has 0 aromatic heterocycles. The van der Waals surface area contributed by atoms with Gasteiger partial charge in [0.05, 0.1) is 36.9 Å².